The number of nitrogens with two attached hydrogens (primary N) is 1. The molecule has 0 aliphatic heterocycles. The maximum absolute atomic E-state index is 13.4. The van der Waals surface area contributed by atoms with Gasteiger partial charge in [-0.05, 0) is 63.3 Å². The average molecular weight is 585 g/mol. The summed E-state index contributed by atoms with van der Waals surface area (Å²) in [7, 11) is 0. The van der Waals surface area contributed by atoms with E-state index in [0.717, 1.165) is 5.56 Å². The molecule has 0 fully saturated rings. The van der Waals surface area contributed by atoms with Gasteiger partial charge in [0, 0.05) is 6.42 Å². The molecule has 0 radical (unpaired) electrons. The highest BCUT2D eigenvalue weighted by molar-refractivity contribution is 5.94. The minimum atomic E-state index is -1.36. The predicted octanol–water partition coefficient (Wildman–Crippen LogP) is 2.58. The van der Waals surface area contributed by atoms with Gasteiger partial charge in [-0.15, -0.1) is 0 Å². The lowest BCUT2D eigenvalue weighted by atomic mass is 10.0. The van der Waals surface area contributed by atoms with Gasteiger partial charge in [-0.3, -0.25) is 14.4 Å². The van der Waals surface area contributed by atoms with E-state index in [9.17, 15) is 24.3 Å². The number of carbonyl (C=O) groups excluding carboxylic acids is 4. The van der Waals surface area contributed by atoms with Crippen LogP contribution in [0.2, 0.25) is 0 Å². The maximum atomic E-state index is 13.4. The van der Waals surface area contributed by atoms with Gasteiger partial charge in [0.15, 0.2) is 0 Å². The molecule has 4 unspecified atom stereocenters. The lowest BCUT2D eigenvalue weighted by Crippen LogP contribution is -2.59. The molecule has 2 aromatic carbocycles. The van der Waals surface area contributed by atoms with Crippen LogP contribution in [-0.2, 0) is 32.1 Å². The number of hydrogen-bond acceptors (Lipinski definition) is 7. The lowest BCUT2D eigenvalue weighted by Gasteiger charge is -2.27. The van der Waals surface area contributed by atoms with Crippen LogP contribution in [0.3, 0.4) is 0 Å². The fourth-order valence-electron chi connectivity index (χ4n) is 4.02. The Balaban J connectivity index is 2.23. The van der Waals surface area contributed by atoms with Gasteiger partial charge in [0.05, 0.1) is 6.10 Å². The first-order chi connectivity index (χ1) is 19.6. The molecular weight excluding hydrogens is 540 g/mol. The third-order valence-corrected chi connectivity index (χ3v) is 6.05. The van der Waals surface area contributed by atoms with Crippen molar-refractivity contribution in [2.45, 2.75) is 90.8 Å². The Labute approximate surface area is 247 Å². The second-order valence-corrected chi connectivity index (χ2v) is 11.6. The van der Waals surface area contributed by atoms with Crippen molar-refractivity contribution < 1.29 is 33.8 Å². The maximum Gasteiger partial charge on any atom is 0.408 e. The van der Waals surface area contributed by atoms with Crippen LogP contribution in [0.15, 0.2) is 54.6 Å². The molecule has 11 heteroatoms. The topological polar surface area (TPSA) is 169 Å². The minimum Gasteiger partial charge on any atom is -0.489 e. The SMILES string of the molecule is CC(C)CC(NC(=O)OC(C)(C)C)C(=O)NC(Cc1ccc(OCc2ccccc2)cc1)C(=O)NC(C(N)=O)C(C)O. The molecule has 2 rings (SSSR count). The second kappa shape index (κ2) is 15.8. The molecule has 4 atom stereocenters. The smallest absolute Gasteiger partial charge is 0.408 e. The Kier molecular flexibility index (Phi) is 12.8. The Bertz CT molecular complexity index is 1180. The lowest BCUT2D eigenvalue weighted by molar-refractivity contribution is -0.133. The highest BCUT2D eigenvalue weighted by Gasteiger charge is 2.32. The number of rotatable bonds is 14. The minimum absolute atomic E-state index is 0.0286. The number of amides is 4. The molecule has 230 valence electrons. The fourth-order valence-corrected chi connectivity index (χ4v) is 4.02. The molecule has 0 bridgehead atoms. The summed E-state index contributed by atoms with van der Waals surface area (Å²) in [4.78, 5) is 51.0. The third-order valence-electron chi connectivity index (χ3n) is 6.05. The van der Waals surface area contributed by atoms with Crippen LogP contribution < -0.4 is 26.4 Å². The first-order valence-corrected chi connectivity index (χ1v) is 14.0. The van der Waals surface area contributed by atoms with Crippen molar-refractivity contribution in [1.29, 1.82) is 0 Å². The van der Waals surface area contributed by atoms with E-state index in [-0.39, 0.29) is 18.8 Å². The van der Waals surface area contributed by atoms with Crippen LogP contribution in [-0.4, -0.2) is 58.8 Å². The number of benzene rings is 2. The molecule has 0 saturated carbocycles. The van der Waals surface area contributed by atoms with Gasteiger partial charge in [-0.1, -0.05) is 56.3 Å². The Morgan fingerprint density at radius 2 is 1.43 bits per heavy atom. The van der Waals surface area contributed by atoms with Crippen molar-refractivity contribution in [1.82, 2.24) is 16.0 Å². The normalized spacial score (nSPS) is 14.2. The van der Waals surface area contributed by atoms with Crippen molar-refractivity contribution in [2.75, 3.05) is 0 Å². The fraction of sp³-hybridized carbons (Fsp3) is 0.484. The number of aliphatic hydroxyl groups excluding tert-OH is 1. The molecule has 0 saturated heterocycles. The van der Waals surface area contributed by atoms with E-state index < -0.39 is 53.6 Å². The van der Waals surface area contributed by atoms with E-state index in [1.165, 1.54) is 6.92 Å². The van der Waals surface area contributed by atoms with Crippen LogP contribution in [0.5, 0.6) is 5.75 Å². The number of alkyl carbamates (subject to hydrolysis) is 1. The van der Waals surface area contributed by atoms with Gasteiger partial charge >= 0.3 is 6.09 Å². The van der Waals surface area contributed by atoms with Crippen molar-refractivity contribution in [3.63, 3.8) is 0 Å². The number of carbonyl (C=O) groups is 4. The van der Waals surface area contributed by atoms with Gasteiger partial charge in [-0.2, -0.15) is 0 Å². The van der Waals surface area contributed by atoms with E-state index in [0.29, 0.717) is 17.9 Å². The third kappa shape index (κ3) is 12.2. The first-order valence-electron chi connectivity index (χ1n) is 14.0. The van der Waals surface area contributed by atoms with Crippen molar-refractivity contribution >= 4 is 23.8 Å². The van der Waals surface area contributed by atoms with E-state index in [1.807, 2.05) is 44.2 Å². The van der Waals surface area contributed by atoms with Crippen LogP contribution in [0.4, 0.5) is 4.79 Å². The first kappa shape index (κ1) is 34.1. The summed E-state index contributed by atoms with van der Waals surface area (Å²) < 4.78 is 11.1. The predicted molar refractivity (Wildman–Crippen MR) is 158 cm³/mol. The summed E-state index contributed by atoms with van der Waals surface area (Å²) in [6.45, 7) is 10.6. The van der Waals surface area contributed by atoms with Crippen LogP contribution in [0.1, 0.15) is 59.1 Å². The average Bonchev–Trinajstić information content (AvgIpc) is 2.89. The molecule has 0 aliphatic rings. The standard InChI is InChI=1S/C31H44N4O7/c1-19(2)16-24(34-30(40)42-31(4,5)6)28(38)33-25(29(39)35-26(20(3)36)27(32)37)17-21-12-14-23(15-13-21)41-18-22-10-8-7-9-11-22/h7-15,19-20,24-26,36H,16-18H2,1-6H3,(H2,32,37)(H,33,38)(H,34,40)(H,35,39). The van der Waals surface area contributed by atoms with Crippen molar-refractivity contribution in [3.05, 3.63) is 65.7 Å². The molecule has 0 spiro atoms. The second-order valence-electron chi connectivity index (χ2n) is 11.6. The molecule has 0 heterocycles. The summed E-state index contributed by atoms with van der Waals surface area (Å²) in [6, 6.07) is 13.2. The summed E-state index contributed by atoms with van der Waals surface area (Å²) in [5, 5.41) is 17.7. The summed E-state index contributed by atoms with van der Waals surface area (Å²) in [6.07, 6.45) is -1.70. The van der Waals surface area contributed by atoms with Crippen LogP contribution in [0.25, 0.3) is 0 Å². The molecule has 4 amide bonds. The number of primary amides is 1. The van der Waals surface area contributed by atoms with Crippen LogP contribution in [0, 0.1) is 5.92 Å². The summed E-state index contributed by atoms with van der Waals surface area (Å²) in [5.74, 6) is -1.61. The van der Waals surface area contributed by atoms with Gasteiger partial charge in [0.25, 0.3) is 0 Å². The van der Waals surface area contributed by atoms with Crippen molar-refractivity contribution in [3.8, 4) is 5.75 Å². The molecule has 42 heavy (non-hydrogen) atoms. The van der Waals surface area contributed by atoms with Gasteiger partial charge in [0.2, 0.25) is 17.7 Å². The molecule has 0 aliphatic carbocycles. The molecule has 6 N–H and O–H groups in total. The largest absolute Gasteiger partial charge is 0.489 e. The highest BCUT2D eigenvalue weighted by atomic mass is 16.6. The van der Waals surface area contributed by atoms with E-state index in [4.69, 9.17) is 15.2 Å². The van der Waals surface area contributed by atoms with Gasteiger partial charge in [-0.25, -0.2) is 4.79 Å². The van der Waals surface area contributed by atoms with E-state index in [2.05, 4.69) is 16.0 Å². The van der Waals surface area contributed by atoms with E-state index in [1.54, 1.807) is 45.0 Å². The number of aliphatic hydroxyl groups is 1. The van der Waals surface area contributed by atoms with Crippen LogP contribution >= 0.6 is 0 Å². The number of hydrogen-bond donors (Lipinski definition) is 5. The zero-order valence-corrected chi connectivity index (χ0v) is 25.2. The summed E-state index contributed by atoms with van der Waals surface area (Å²) in [5.41, 5.74) is 6.29. The van der Waals surface area contributed by atoms with E-state index >= 15 is 0 Å². The monoisotopic (exact) mass is 584 g/mol. The zero-order valence-electron chi connectivity index (χ0n) is 25.2. The molecule has 2 aromatic rings. The number of nitrogens with one attached hydrogen (secondary N) is 3. The van der Waals surface area contributed by atoms with Gasteiger partial charge < -0.3 is 36.3 Å². The Morgan fingerprint density at radius 1 is 0.833 bits per heavy atom. The Hall–Kier alpha value is -4.12. The molecular formula is C31H44N4O7. The molecule has 0 aromatic heterocycles. The zero-order chi connectivity index (χ0) is 31.4. The molecule has 11 nitrogen and oxygen atoms in total. The number of ether oxygens (including phenoxy) is 2. The van der Waals surface area contributed by atoms with Gasteiger partial charge in [0.1, 0.15) is 36.1 Å². The quantitative estimate of drug-likeness (QED) is 0.227. The highest BCUT2D eigenvalue weighted by Crippen LogP contribution is 2.16. The Morgan fingerprint density at radius 3 is 1.95 bits per heavy atom. The summed E-state index contributed by atoms with van der Waals surface area (Å²) >= 11 is 0. The van der Waals surface area contributed by atoms with Crippen molar-refractivity contribution in [2.24, 2.45) is 11.7 Å².